The zero-order valence-corrected chi connectivity index (χ0v) is 15.9. The molecular formula is C16H9F5N2O7S. The van der Waals surface area contributed by atoms with Crippen molar-refractivity contribution in [2.45, 2.75) is 4.90 Å². The summed E-state index contributed by atoms with van der Waals surface area (Å²) in [5.74, 6) is -14.6. The lowest BCUT2D eigenvalue weighted by Gasteiger charge is -2.10. The molecule has 1 amide bonds. The quantitative estimate of drug-likeness (QED) is 0.172. The van der Waals surface area contributed by atoms with Crippen LogP contribution in [-0.2, 0) is 19.4 Å². The molecule has 0 aliphatic rings. The fourth-order valence-electron chi connectivity index (χ4n) is 2.21. The highest BCUT2D eigenvalue weighted by Gasteiger charge is 2.28. The average Bonchev–Trinajstić information content (AvgIpc) is 2.71. The molecule has 0 aromatic heterocycles. The summed E-state index contributed by atoms with van der Waals surface area (Å²) in [7, 11) is -4.02. The maximum atomic E-state index is 13.5. The minimum absolute atomic E-state index is 0.553. The molecule has 0 fully saturated rings. The molecule has 31 heavy (non-hydrogen) atoms. The van der Waals surface area contributed by atoms with Crippen LogP contribution in [0.5, 0.6) is 0 Å². The lowest BCUT2D eigenvalue weighted by atomic mass is 10.2. The second-order valence-corrected chi connectivity index (χ2v) is 7.77. The van der Waals surface area contributed by atoms with Crippen LogP contribution in [0, 0.1) is 39.2 Å². The molecule has 0 spiro atoms. The summed E-state index contributed by atoms with van der Waals surface area (Å²) in [6.07, 6.45) is 0.692. The number of hydrogen-bond donors (Lipinski definition) is 1. The van der Waals surface area contributed by atoms with E-state index in [4.69, 9.17) is 0 Å². The van der Waals surface area contributed by atoms with E-state index in [9.17, 15) is 50.1 Å². The van der Waals surface area contributed by atoms with E-state index in [2.05, 4.69) is 4.74 Å². The average molecular weight is 468 g/mol. The van der Waals surface area contributed by atoms with Crippen LogP contribution in [-0.4, -0.2) is 38.1 Å². The molecule has 1 N–H and O–H groups in total. The lowest BCUT2D eigenvalue weighted by Crippen LogP contribution is -2.23. The van der Waals surface area contributed by atoms with Crippen molar-refractivity contribution in [2.75, 3.05) is 18.2 Å². The molecule has 166 valence electrons. The molecule has 0 aliphatic heterocycles. The third-order valence-corrected chi connectivity index (χ3v) is 4.74. The van der Waals surface area contributed by atoms with Gasteiger partial charge in [0.2, 0.25) is 5.82 Å². The second kappa shape index (κ2) is 8.63. The molecule has 0 unspecified atom stereocenters. The Balaban J connectivity index is 2.18. The summed E-state index contributed by atoms with van der Waals surface area (Å²) in [4.78, 5) is 32.8. The maximum absolute atomic E-state index is 13.5. The fourth-order valence-corrected chi connectivity index (χ4v) is 3.03. The van der Waals surface area contributed by atoms with Crippen LogP contribution in [0.2, 0.25) is 0 Å². The molecule has 2 aromatic rings. The van der Waals surface area contributed by atoms with E-state index in [1.807, 2.05) is 0 Å². The maximum Gasteiger partial charge on any atom is 0.338 e. The van der Waals surface area contributed by atoms with Gasteiger partial charge < -0.3 is 10.1 Å². The number of hydrogen-bond acceptors (Lipinski definition) is 7. The van der Waals surface area contributed by atoms with E-state index in [0.717, 1.165) is 12.1 Å². The number of carbonyl (C=O) groups excluding carboxylic acids is 2. The molecule has 0 heterocycles. The predicted molar refractivity (Wildman–Crippen MR) is 91.4 cm³/mol. The van der Waals surface area contributed by atoms with Crippen molar-refractivity contribution in [2.24, 2.45) is 0 Å². The van der Waals surface area contributed by atoms with E-state index in [1.165, 1.54) is 5.32 Å². The molecule has 0 aliphatic carbocycles. The fraction of sp³-hybridized carbons (Fsp3) is 0.125. The Labute approximate surface area is 169 Å². The summed E-state index contributed by atoms with van der Waals surface area (Å²) < 4.78 is 93.8. The van der Waals surface area contributed by atoms with Crippen molar-refractivity contribution in [3.8, 4) is 0 Å². The second-order valence-electron chi connectivity index (χ2n) is 5.78. The van der Waals surface area contributed by atoms with Crippen molar-refractivity contribution in [1.29, 1.82) is 0 Å². The number of rotatable bonds is 6. The summed E-state index contributed by atoms with van der Waals surface area (Å²) in [5, 5.41) is 12.4. The van der Waals surface area contributed by atoms with Crippen LogP contribution in [0.15, 0.2) is 23.1 Å². The zero-order chi connectivity index (χ0) is 23.7. The number of nitrogens with zero attached hydrogens (tertiary/aromatic N) is 1. The highest BCUT2D eigenvalue weighted by atomic mass is 32.2. The number of carbonyl (C=O) groups is 2. The number of nitro benzene ring substituents is 1. The Morgan fingerprint density at radius 1 is 1.03 bits per heavy atom. The normalized spacial score (nSPS) is 11.2. The number of anilines is 1. The molecular weight excluding hydrogens is 459 g/mol. The molecule has 9 nitrogen and oxygen atoms in total. The first-order valence-electron chi connectivity index (χ1n) is 7.72. The number of esters is 1. The van der Waals surface area contributed by atoms with Gasteiger partial charge in [-0.05, 0) is 12.1 Å². The van der Waals surface area contributed by atoms with E-state index in [-0.39, 0.29) is 0 Å². The summed E-state index contributed by atoms with van der Waals surface area (Å²) in [6.45, 7) is -1.28. The number of sulfone groups is 1. The molecule has 0 saturated carbocycles. The highest BCUT2D eigenvalue weighted by molar-refractivity contribution is 7.90. The predicted octanol–water partition coefficient (Wildman–Crippen LogP) is 2.49. The van der Waals surface area contributed by atoms with Gasteiger partial charge in [-0.2, -0.15) is 0 Å². The third kappa shape index (κ3) is 4.93. The van der Waals surface area contributed by atoms with Gasteiger partial charge in [-0.15, -0.1) is 0 Å². The van der Waals surface area contributed by atoms with Gasteiger partial charge in [-0.3, -0.25) is 14.9 Å². The van der Waals surface area contributed by atoms with Crippen LogP contribution in [0.1, 0.15) is 10.4 Å². The van der Waals surface area contributed by atoms with Gasteiger partial charge in [0, 0.05) is 12.3 Å². The smallest absolute Gasteiger partial charge is 0.338 e. The van der Waals surface area contributed by atoms with Crippen LogP contribution in [0.3, 0.4) is 0 Å². The highest BCUT2D eigenvalue weighted by Crippen LogP contribution is 2.27. The number of halogens is 5. The van der Waals surface area contributed by atoms with E-state index in [0.29, 0.717) is 12.3 Å². The van der Waals surface area contributed by atoms with Gasteiger partial charge in [-0.25, -0.2) is 35.2 Å². The first-order valence-corrected chi connectivity index (χ1v) is 9.61. The summed E-state index contributed by atoms with van der Waals surface area (Å²) in [6, 6.07) is 2.15. The van der Waals surface area contributed by atoms with Crippen molar-refractivity contribution >= 4 is 33.1 Å². The van der Waals surface area contributed by atoms with Crippen molar-refractivity contribution < 1.29 is 49.6 Å². The number of amides is 1. The third-order valence-electron chi connectivity index (χ3n) is 3.60. The largest absolute Gasteiger partial charge is 0.452 e. The van der Waals surface area contributed by atoms with Crippen molar-refractivity contribution in [3.05, 3.63) is 63.0 Å². The topological polar surface area (TPSA) is 133 Å². The van der Waals surface area contributed by atoms with Crippen LogP contribution in [0.25, 0.3) is 0 Å². The molecule has 2 aromatic carbocycles. The molecule has 0 atom stereocenters. The Bertz CT molecular complexity index is 1190. The van der Waals surface area contributed by atoms with E-state index >= 15 is 0 Å². The van der Waals surface area contributed by atoms with Gasteiger partial charge in [0.15, 0.2) is 39.7 Å². The van der Waals surface area contributed by atoms with Gasteiger partial charge in [0.05, 0.1) is 10.5 Å². The minimum Gasteiger partial charge on any atom is -0.452 e. The monoisotopic (exact) mass is 468 g/mol. The minimum atomic E-state index is -4.02. The molecule has 0 bridgehead atoms. The van der Waals surface area contributed by atoms with Gasteiger partial charge in [0.25, 0.3) is 11.6 Å². The Morgan fingerprint density at radius 3 is 2.03 bits per heavy atom. The first-order chi connectivity index (χ1) is 14.3. The summed E-state index contributed by atoms with van der Waals surface area (Å²) in [5.41, 5.74) is -3.18. The molecule has 15 heteroatoms. The molecule has 2 rings (SSSR count). The molecule has 0 saturated heterocycles. The van der Waals surface area contributed by atoms with Crippen LogP contribution >= 0.6 is 0 Å². The van der Waals surface area contributed by atoms with Crippen molar-refractivity contribution in [3.63, 3.8) is 0 Å². The van der Waals surface area contributed by atoms with Crippen LogP contribution < -0.4 is 5.32 Å². The lowest BCUT2D eigenvalue weighted by molar-refractivity contribution is -0.387. The van der Waals surface area contributed by atoms with Gasteiger partial charge in [0.1, 0.15) is 10.6 Å². The Hall–Kier alpha value is -3.62. The summed E-state index contributed by atoms with van der Waals surface area (Å²) >= 11 is 0. The first kappa shape index (κ1) is 23.7. The Morgan fingerprint density at radius 2 is 1.55 bits per heavy atom. The zero-order valence-electron chi connectivity index (χ0n) is 15.0. The standard InChI is InChI=1S/C16H9F5N2O7S/c1-31(28,29)8-3-2-6(4-7(8)23(26)27)16(25)30-5-9(24)22-15-13(20)11(18)10(17)12(19)14(15)21/h2-4H,5H2,1H3,(H,22,24). The van der Waals surface area contributed by atoms with E-state index < -0.39 is 84.2 Å². The number of benzene rings is 2. The molecule has 0 radical (unpaired) electrons. The number of ether oxygens (including phenoxy) is 1. The van der Waals surface area contributed by atoms with Crippen molar-refractivity contribution in [1.82, 2.24) is 0 Å². The van der Waals surface area contributed by atoms with Gasteiger partial charge in [-0.1, -0.05) is 0 Å². The van der Waals surface area contributed by atoms with E-state index in [1.54, 1.807) is 0 Å². The van der Waals surface area contributed by atoms with Gasteiger partial charge >= 0.3 is 5.97 Å². The van der Waals surface area contributed by atoms with Crippen LogP contribution in [0.4, 0.5) is 33.3 Å². The number of nitrogens with one attached hydrogen (secondary N) is 1. The SMILES string of the molecule is CS(=O)(=O)c1ccc(C(=O)OCC(=O)Nc2c(F)c(F)c(F)c(F)c2F)cc1[N+](=O)[O-]. The Kier molecular flexibility index (Phi) is 6.58. The number of nitro groups is 1.